The molecule has 0 aromatic heterocycles. The molecule has 6 heteroatoms. The van der Waals surface area contributed by atoms with Crippen LogP contribution in [0.1, 0.15) is 25.8 Å². The summed E-state index contributed by atoms with van der Waals surface area (Å²) >= 11 is 0. The Balaban J connectivity index is 2.41. The number of sulfonamides is 1. The van der Waals surface area contributed by atoms with Gasteiger partial charge < -0.3 is 5.32 Å². The zero-order valence-electron chi connectivity index (χ0n) is 12.1. The van der Waals surface area contributed by atoms with Crippen molar-refractivity contribution in [2.45, 2.75) is 31.7 Å². The monoisotopic (exact) mass is 300 g/mol. The van der Waals surface area contributed by atoms with Gasteiger partial charge in [-0.15, -0.1) is 0 Å². The predicted octanol–water partition coefficient (Wildman–Crippen LogP) is 1.97. The van der Waals surface area contributed by atoms with Gasteiger partial charge in [-0.25, -0.2) is 12.8 Å². The van der Waals surface area contributed by atoms with Crippen LogP contribution in [-0.2, 0) is 16.6 Å². The summed E-state index contributed by atoms with van der Waals surface area (Å²) in [6, 6.07) is 3.94. The molecule has 1 saturated heterocycles. The molecule has 0 amide bonds. The molecule has 1 aromatic carbocycles. The molecule has 0 unspecified atom stereocenters. The standard InChI is InChI=1S/C14H21FN2O2S/c1-14(2)6-7-17(10-14)20(18,19)13-8-12(15)5-4-11(13)9-16-3/h4-5,8,16H,6-7,9-10H2,1-3H3. The van der Waals surface area contributed by atoms with Gasteiger partial charge in [0.25, 0.3) is 0 Å². The van der Waals surface area contributed by atoms with Crippen molar-refractivity contribution in [3.05, 3.63) is 29.6 Å². The van der Waals surface area contributed by atoms with Crippen LogP contribution < -0.4 is 5.32 Å². The Morgan fingerprint density at radius 3 is 2.65 bits per heavy atom. The zero-order valence-corrected chi connectivity index (χ0v) is 12.9. The Bertz CT molecular complexity index is 599. The normalized spacial score (nSPS) is 19.4. The maximum atomic E-state index is 13.5. The summed E-state index contributed by atoms with van der Waals surface area (Å²) in [5.74, 6) is -0.526. The van der Waals surface area contributed by atoms with Gasteiger partial charge in [-0.2, -0.15) is 4.31 Å². The van der Waals surface area contributed by atoms with E-state index < -0.39 is 15.8 Å². The Morgan fingerprint density at radius 2 is 2.10 bits per heavy atom. The molecule has 1 fully saturated rings. The number of benzene rings is 1. The maximum absolute atomic E-state index is 13.5. The van der Waals surface area contributed by atoms with Crippen LogP contribution in [0.4, 0.5) is 4.39 Å². The molecular formula is C14H21FN2O2S. The minimum atomic E-state index is -3.63. The molecule has 1 N–H and O–H groups in total. The number of halogens is 1. The van der Waals surface area contributed by atoms with Crippen molar-refractivity contribution in [2.75, 3.05) is 20.1 Å². The first kappa shape index (κ1) is 15.4. The smallest absolute Gasteiger partial charge is 0.243 e. The van der Waals surface area contributed by atoms with E-state index in [1.54, 1.807) is 7.05 Å². The molecule has 1 aromatic rings. The molecule has 0 spiro atoms. The number of rotatable bonds is 4. The van der Waals surface area contributed by atoms with Gasteiger partial charge in [-0.3, -0.25) is 0 Å². The van der Waals surface area contributed by atoms with Gasteiger partial charge in [-0.1, -0.05) is 19.9 Å². The Kier molecular flexibility index (Phi) is 4.18. The average Bonchev–Trinajstić information content (AvgIpc) is 2.73. The molecule has 20 heavy (non-hydrogen) atoms. The minimum Gasteiger partial charge on any atom is -0.316 e. The molecule has 0 radical (unpaired) electrons. The fourth-order valence-corrected chi connectivity index (χ4v) is 4.37. The van der Waals surface area contributed by atoms with Crippen LogP contribution in [-0.4, -0.2) is 32.9 Å². The first-order valence-corrected chi connectivity index (χ1v) is 8.13. The second-order valence-corrected chi connectivity index (χ2v) is 7.94. The van der Waals surface area contributed by atoms with E-state index in [1.165, 1.54) is 16.4 Å². The van der Waals surface area contributed by atoms with Crippen LogP contribution in [0, 0.1) is 11.2 Å². The zero-order chi connectivity index (χ0) is 15.0. The van der Waals surface area contributed by atoms with Crippen LogP contribution in [0.25, 0.3) is 0 Å². The molecular weight excluding hydrogens is 279 g/mol. The number of nitrogens with one attached hydrogen (secondary N) is 1. The quantitative estimate of drug-likeness (QED) is 0.925. The van der Waals surface area contributed by atoms with Gasteiger partial charge in [0.1, 0.15) is 5.82 Å². The molecule has 1 heterocycles. The lowest BCUT2D eigenvalue weighted by atomic mass is 9.93. The maximum Gasteiger partial charge on any atom is 0.243 e. The lowest BCUT2D eigenvalue weighted by Crippen LogP contribution is -2.31. The first-order chi connectivity index (χ1) is 9.26. The molecule has 1 aliphatic rings. The van der Waals surface area contributed by atoms with Crippen LogP contribution in [0.3, 0.4) is 0 Å². The largest absolute Gasteiger partial charge is 0.316 e. The molecule has 0 bridgehead atoms. The third-order valence-electron chi connectivity index (χ3n) is 3.66. The van der Waals surface area contributed by atoms with Gasteiger partial charge >= 0.3 is 0 Å². The number of hydrogen-bond donors (Lipinski definition) is 1. The highest BCUT2D eigenvalue weighted by Gasteiger charge is 2.37. The van der Waals surface area contributed by atoms with Crippen LogP contribution in [0.15, 0.2) is 23.1 Å². The summed E-state index contributed by atoms with van der Waals surface area (Å²) in [6.45, 7) is 5.45. The van der Waals surface area contributed by atoms with Crippen molar-refractivity contribution >= 4 is 10.0 Å². The number of hydrogen-bond acceptors (Lipinski definition) is 3. The van der Waals surface area contributed by atoms with Crippen LogP contribution >= 0.6 is 0 Å². The van der Waals surface area contributed by atoms with Crippen molar-refractivity contribution in [2.24, 2.45) is 5.41 Å². The van der Waals surface area contributed by atoms with E-state index in [9.17, 15) is 12.8 Å². The third-order valence-corrected chi connectivity index (χ3v) is 5.58. The lowest BCUT2D eigenvalue weighted by molar-refractivity contribution is 0.375. The fourth-order valence-electron chi connectivity index (χ4n) is 2.51. The molecule has 112 valence electrons. The van der Waals surface area contributed by atoms with Crippen LogP contribution in [0.5, 0.6) is 0 Å². The van der Waals surface area contributed by atoms with Crippen molar-refractivity contribution in [1.82, 2.24) is 9.62 Å². The highest BCUT2D eigenvalue weighted by Crippen LogP contribution is 2.33. The topological polar surface area (TPSA) is 49.4 Å². The molecule has 0 saturated carbocycles. The summed E-state index contributed by atoms with van der Waals surface area (Å²) < 4.78 is 40.3. The predicted molar refractivity (Wildman–Crippen MR) is 76.3 cm³/mol. The summed E-state index contributed by atoms with van der Waals surface area (Å²) in [5.41, 5.74) is 0.572. The Morgan fingerprint density at radius 1 is 1.40 bits per heavy atom. The highest BCUT2D eigenvalue weighted by atomic mass is 32.2. The van der Waals surface area contributed by atoms with Crippen molar-refractivity contribution in [3.63, 3.8) is 0 Å². The lowest BCUT2D eigenvalue weighted by Gasteiger charge is -2.21. The van der Waals surface area contributed by atoms with Gasteiger partial charge in [0, 0.05) is 19.6 Å². The summed E-state index contributed by atoms with van der Waals surface area (Å²) in [5, 5.41) is 2.92. The Hall–Kier alpha value is -0.980. The average molecular weight is 300 g/mol. The van der Waals surface area contributed by atoms with Gasteiger partial charge in [-0.05, 0) is 36.6 Å². The van der Waals surface area contributed by atoms with Gasteiger partial charge in [0.05, 0.1) is 4.90 Å². The van der Waals surface area contributed by atoms with E-state index in [2.05, 4.69) is 5.32 Å². The van der Waals surface area contributed by atoms with E-state index in [-0.39, 0.29) is 10.3 Å². The summed E-state index contributed by atoms with van der Waals surface area (Å²) in [4.78, 5) is 0.0737. The van der Waals surface area contributed by atoms with Gasteiger partial charge in [0.2, 0.25) is 10.0 Å². The van der Waals surface area contributed by atoms with Crippen molar-refractivity contribution in [3.8, 4) is 0 Å². The van der Waals surface area contributed by atoms with E-state index in [4.69, 9.17) is 0 Å². The number of nitrogens with zero attached hydrogens (tertiary/aromatic N) is 1. The molecule has 0 atom stereocenters. The van der Waals surface area contributed by atoms with E-state index in [1.807, 2.05) is 13.8 Å². The van der Waals surface area contributed by atoms with Crippen LogP contribution in [0.2, 0.25) is 0 Å². The first-order valence-electron chi connectivity index (χ1n) is 6.69. The summed E-state index contributed by atoms with van der Waals surface area (Å²) in [6.07, 6.45) is 0.822. The highest BCUT2D eigenvalue weighted by molar-refractivity contribution is 7.89. The van der Waals surface area contributed by atoms with E-state index >= 15 is 0 Å². The second-order valence-electron chi connectivity index (χ2n) is 6.04. The SMILES string of the molecule is CNCc1ccc(F)cc1S(=O)(=O)N1CCC(C)(C)C1. The molecule has 2 rings (SSSR count). The van der Waals surface area contributed by atoms with E-state index in [0.29, 0.717) is 25.2 Å². The third kappa shape index (κ3) is 3.02. The minimum absolute atomic E-state index is 0.0242. The van der Waals surface area contributed by atoms with Gasteiger partial charge in [0.15, 0.2) is 0 Å². The molecule has 0 aliphatic carbocycles. The fraction of sp³-hybridized carbons (Fsp3) is 0.571. The molecule has 4 nitrogen and oxygen atoms in total. The second kappa shape index (κ2) is 5.42. The van der Waals surface area contributed by atoms with Crippen molar-refractivity contribution < 1.29 is 12.8 Å². The summed E-state index contributed by atoms with van der Waals surface area (Å²) in [7, 11) is -1.90. The van der Waals surface area contributed by atoms with E-state index in [0.717, 1.165) is 12.5 Å². The molecule has 1 aliphatic heterocycles. The van der Waals surface area contributed by atoms with Crippen molar-refractivity contribution in [1.29, 1.82) is 0 Å². The Labute approximate surface area is 120 Å².